The molecule has 0 aliphatic heterocycles. The van der Waals surface area contributed by atoms with E-state index in [1.165, 1.54) is 0 Å². The van der Waals surface area contributed by atoms with Crippen molar-refractivity contribution in [1.29, 1.82) is 0 Å². The number of ether oxygens (including phenoxy) is 2. The fourth-order valence-corrected chi connectivity index (χ4v) is 2.37. The molecule has 0 aliphatic carbocycles. The van der Waals surface area contributed by atoms with Crippen LogP contribution in [-0.2, 0) is 0 Å². The van der Waals surface area contributed by atoms with Crippen LogP contribution < -0.4 is 20.1 Å². The zero-order valence-electron chi connectivity index (χ0n) is 12.9. The van der Waals surface area contributed by atoms with Crippen LogP contribution in [0.5, 0.6) is 11.5 Å². The van der Waals surface area contributed by atoms with Gasteiger partial charge in [-0.15, -0.1) is 0 Å². The van der Waals surface area contributed by atoms with Gasteiger partial charge in [0.05, 0.1) is 14.2 Å². The van der Waals surface area contributed by atoms with E-state index in [0.29, 0.717) is 0 Å². The monoisotopic (exact) mass is 266 g/mol. The van der Waals surface area contributed by atoms with Gasteiger partial charge in [-0.25, -0.2) is 0 Å². The van der Waals surface area contributed by atoms with Crippen LogP contribution in [-0.4, -0.2) is 34.9 Å². The summed E-state index contributed by atoms with van der Waals surface area (Å²) in [6.07, 6.45) is 0.995. The van der Waals surface area contributed by atoms with Gasteiger partial charge in [0.1, 0.15) is 11.5 Å². The molecule has 0 fully saturated rings. The van der Waals surface area contributed by atoms with Crippen molar-refractivity contribution in [2.75, 3.05) is 34.9 Å². The molecule has 2 N–H and O–H groups in total. The highest BCUT2D eigenvalue weighted by atomic mass is 16.5. The molecule has 0 aromatic heterocycles. The lowest BCUT2D eigenvalue weighted by molar-refractivity contribution is 0.384. The molecular formula is C15H26N2O2. The Morgan fingerprint density at radius 1 is 1.11 bits per heavy atom. The van der Waals surface area contributed by atoms with E-state index in [1.807, 2.05) is 14.1 Å². The molecular weight excluding hydrogens is 240 g/mol. The third-order valence-electron chi connectivity index (χ3n) is 3.65. The van der Waals surface area contributed by atoms with Gasteiger partial charge in [-0.05, 0) is 58.1 Å². The third-order valence-corrected chi connectivity index (χ3v) is 3.65. The Balaban J connectivity index is 3.26. The first-order chi connectivity index (χ1) is 9.10. The minimum absolute atomic E-state index is 0.246. The molecule has 0 spiro atoms. The molecule has 4 nitrogen and oxygen atoms in total. The molecule has 1 unspecified atom stereocenters. The SMILES string of the molecule is CNCCC(NC)c1cc(OC)c(C)c(C)c1OC. The zero-order valence-corrected chi connectivity index (χ0v) is 12.9. The molecule has 1 aromatic carbocycles. The van der Waals surface area contributed by atoms with E-state index >= 15 is 0 Å². The summed E-state index contributed by atoms with van der Waals surface area (Å²) in [6.45, 7) is 5.08. The molecule has 0 saturated heterocycles. The minimum Gasteiger partial charge on any atom is -0.496 e. The second-order valence-corrected chi connectivity index (χ2v) is 4.68. The van der Waals surface area contributed by atoms with Crippen LogP contribution in [0.1, 0.15) is 29.2 Å². The standard InChI is InChI=1S/C15H26N2O2/c1-10-11(2)15(19-6)12(9-14(10)18-5)13(17-4)7-8-16-3/h9,13,16-17H,7-8H2,1-6H3. The largest absolute Gasteiger partial charge is 0.496 e. The fraction of sp³-hybridized carbons (Fsp3) is 0.600. The van der Waals surface area contributed by atoms with Crippen molar-refractivity contribution in [3.05, 3.63) is 22.8 Å². The van der Waals surface area contributed by atoms with E-state index in [9.17, 15) is 0 Å². The average molecular weight is 266 g/mol. The Morgan fingerprint density at radius 2 is 1.79 bits per heavy atom. The van der Waals surface area contributed by atoms with Crippen LogP contribution in [0.3, 0.4) is 0 Å². The highest BCUT2D eigenvalue weighted by Crippen LogP contribution is 2.37. The van der Waals surface area contributed by atoms with Gasteiger partial charge >= 0.3 is 0 Å². The molecule has 108 valence electrons. The summed E-state index contributed by atoms with van der Waals surface area (Å²) >= 11 is 0. The first-order valence-electron chi connectivity index (χ1n) is 6.64. The fourth-order valence-electron chi connectivity index (χ4n) is 2.37. The number of hydrogen-bond acceptors (Lipinski definition) is 4. The van der Waals surface area contributed by atoms with E-state index in [0.717, 1.165) is 41.2 Å². The zero-order chi connectivity index (χ0) is 14.4. The lowest BCUT2D eigenvalue weighted by Crippen LogP contribution is -2.22. The van der Waals surface area contributed by atoms with E-state index in [1.54, 1.807) is 14.2 Å². The second kappa shape index (κ2) is 7.36. The summed E-state index contributed by atoms with van der Waals surface area (Å²) < 4.78 is 11.1. The molecule has 0 amide bonds. The Labute approximate surface area is 116 Å². The van der Waals surface area contributed by atoms with E-state index in [2.05, 4.69) is 30.5 Å². The van der Waals surface area contributed by atoms with Gasteiger partial charge in [-0.3, -0.25) is 0 Å². The maximum Gasteiger partial charge on any atom is 0.127 e. The van der Waals surface area contributed by atoms with Crippen molar-refractivity contribution in [3.8, 4) is 11.5 Å². The number of rotatable bonds is 7. The van der Waals surface area contributed by atoms with Crippen LogP contribution in [0, 0.1) is 13.8 Å². The summed E-state index contributed by atoms with van der Waals surface area (Å²) in [4.78, 5) is 0. The highest BCUT2D eigenvalue weighted by molar-refractivity contribution is 5.53. The number of benzene rings is 1. The minimum atomic E-state index is 0.246. The quantitative estimate of drug-likeness (QED) is 0.794. The van der Waals surface area contributed by atoms with Crippen molar-refractivity contribution in [2.45, 2.75) is 26.3 Å². The van der Waals surface area contributed by atoms with E-state index < -0.39 is 0 Å². The van der Waals surface area contributed by atoms with Gasteiger partial charge in [0, 0.05) is 11.6 Å². The van der Waals surface area contributed by atoms with Crippen molar-refractivity contribution < 1.29 is 9.47 Å². The van der Waals surface area contributed by atoms with Crippen LogP contribution in [0.2, 0.25) is 0 Å². The predicted molar refractivity (Wildman–Crippen MR) is 79.4 cm³/mol. The maximum atomic E-state index is 5.60. The normalized spacial score (nSPS) is 12.3. The van der Waals surface area contributed by atoms with Crippen LogP contribution in [0.4, 0.5) is 0 Å². The Bertz CT molecular complexity index is 419. The maximum absolute atomic E-state index is 5.60. The van der Waals surface area contributed by atoms with E-state index in [4.69, 9.17) is 9.47 Å². The molecule has 0 saturated carbocycles. The third kappa shape index (κ3) is 3.39. The highest BCUT2D eigenvalue weighted by Gasteiger charge is 2.19. The molecule has 0 bridgehead atoms. The van der Waals surface area contributed by atoms with Gasteiger partial charge in [0.25, 0.3) is 0 Å². The van der Waals surface area contributed by atoms with E-state index in [-0.39, 0.29) is 6.04 Å². The molecule has 0 radical (unpaired) electrons. The van der Waals surface area contributed by atoms with Crippen LogP contribution in [0.15, 0.2) is 6.07 Å². The van der Waals surface area contributed by atoms with Crippen LogP contribution in [0.25, 0.3) is 0 Å². The van der Waals surface area contributed by atoms with Crippen molar-refractivity contribution in [1.82, 2.24) is 10.6 Å². The second-order valence-electron chi connectivity index (χ2n) is 4.68. The first-order valence-corrected chi connectivity index (χ1v) is 6.64. The number of hydrogen-bond donors (Lipinski definition) is 2. The van der Waals surface area contributed by atoms with Crippen LogP contribution >= 0.6 is 0 Å². The van der Waals surface area contributed by atoms with Gasteiger partial charge in [0.15, 0.2) is 0 Å². The smallest absolute Gasteiger partial charge is 0.127 e. The Hall–Kier alpha value is -1.26. The Kier molecular flexibility index (Phi) is 6.12. The lowest BCUT2D eigenvalue weighted by Gasteiger charge is -2.23. The predicted octanol–water partition coefficient (Wildman–Crippen LogP) is 2.19. The topological polar surface area (TPSA) is 42.5 Å². The summed E-state index contributed by atoms with van der Waals surface area (Å²) in [5.74, 6) is 1.87. The average Bonchev–Trinajstić information content (AvgIpc) is 2.43. The number of nitrogens with one attached hydrogen (secondary N) is 2. The van der Waals surface area contributed by atoms with Gasteiger partial charge in [-0.2, -0.15) is 0 Å². The summed E-state index contributed by atoms with van der Waals surface area (Å²) in [6, 6.07) is 2.33. The summed E-state index contributed by atoms with van der Waals surface area (Å²) in [5, 5.41) is 6.53. The van der Waals surface area contributed by atoms with Gasteiger partial charge in [0.2, 0.25) is 0 Å². The first kappa shape index (κ1) is 15.8. The molecule has 0 aliphatic rings. The van der Waals surface area contributed by atoms with Crippen molar-refractivity contribution >= 4 is 0 Å². The summed E-state index contributed by atoms with van der Waals surface area (Å²) in [7, 11) is 7.37. The summed E-state index contributed by atoms with van der Waals surface area (Å²) in [5.41, 5.74) is 3.42. The molecule has 1 aromatic rings. The molecule has 1 atom stereocenters. The van der Waals surface area contributed by atoms with Gasteiger partial charge < -0.3 is 20.1 Å². The molecule has 1 rings (SSSR count). The van der Waals surface area contributed by atoms with Crippen molar-refractivity contribution in [3.63, 3.8) is 0 Å². The molecule has 19 heavy (non-hydrogen) atoms. The molecule has 4 heteroatoms. The lowest BCUT2D eigenvalue weighted by atomic mass is 9.96. The molecule has 0 heterocycles. The van der Waals surface area contributed by atoms with Crippen molar-refractivity contribution in [2.24, 2.45) is 0 Å². The van der Waals surface area contributed by atoms with Gasteiger partial charge in [-0.1, -0.05) is 0 Å². The number of methoxy groups -OCH3 is 2. The Morgan fingerprint density at radius 3 is 2.26 bits per heavy atom.